The molecule has 5 heteroatoms. The Hall–Kier alpha value is -0.810. The van der Waals surface area contributed by atoms with Crippen LogP contribution in [0.1, 0.15) is 47.5 Å². The standard InChI is InChI=1S/C15H31N3O2/c1-12(10-16)17-11-15(5)6-8-18(9-7-15)13(19)20-14(2,3)4/h12,17H,6-11,16H2,1-5H3. The summed E-state index contributed by atoms with van der Waals surface area (Å²) in [6.45, 7) is 13.2. The summed E-state index contributed by atoms with van der Waals surface area (Å²) < 4.78 is 5.42. The molecule has 0 aliphatic carbocycles. The number of ether oxygens (including phenoxy) is 1. The Bertz CT molecular complexity index is 318. The van der Waals surface area contributed by atoms with Crippen LogP contribution in [-0.4, -0.2) is 48.8 Å². The number of rotatable bonds is 4. The summed E-state index contributed by atoms with van der Waals surface area (Å²) in [6.07, 6.45) is 1.80. The van der Waals surface area contributed by atoms with Gasteiger partial charge in [-0.1, -0.05) is 6.92 Å². The molecule has 0 aromatic carbocycles. The molecule has 1 fully saturated rings. The van der Waals surface area contributed by atoms with Crippen molar-refractivity contribution in [2.45, 2.75) is 59.1 Å². The van der Waals surface area contributed by atoms with Gasteiger partial charge in [-0.3, -0.25) is 0 Å². The number of hydrogen-bond donors (Lipinski definition) is 2. The van der Waals surface area contributed by atoms with Gasteiger partial charge in [0.15, 0.2) is 0 Å². The molecular formula is C15H31N3O2. The molecule has 1 saturated heterocycles. The molecule has 20 heavy (non-hydrogen) atoms. The molecule has 1 amide bonds. The number of amides is 1. The molecule has 118 valence electrons. The number of hydrogen-bond acceptors (Lipinski definition) is 4. The van der Waals surface area contributed by atoms with Crippen LogP contribution >= 0.6 is 0 Å². The fraction of sp³-hybridized carbons (Fsp3) is 0.933. The molecule has 5 nitrogen and oxygen atoms in total. The molecule has 1 aliphatic rings. The number of nitrogens with one attached hydrogen (secondary N) is 1. The van der Waals surface area contributed by atoms with Crippen molar-refractivity contribution < 1.29 is 9.53 Å². The molecular weight excluding hydrogens is 254 g/mol. The van der Waals surface area contributed by atoms with Crippen LogP contribution in [0.2, 0.25) is 0 Å². The van der Waals surface area contributed by atoms with E-state index in [1.807, 2.05) is 25.7 Å². The van der Waals surface area contributed by atoms with Gasteiger partial charge in [-0.05, 0) is 46.0 Å². The second-order valence-corrected chi connectivity index (χ2v) is 7.30. The van der Waals surface area contributed by atoms with Crippen molar-refractivity contribution in [3.63, 3.8) is 0 Å². The van der Waals surface area contributed by atoms with Gasteiger partial charge in [0.05, 0.1) is 0 Å². The minimum Gasteiger partial charge on any atom is -0.444 e. The Morgan fingerprint density at radius 2 is 1.95 bits per heavy atom. The summed E-state index contributed by atoms with van der Waals surface area (Å²) in [6, 6.07) is 0.343. The third-order valence-electron chi connectivity index (χ3n) is 3.85. The lowest BCUT2D eigenvalue weighted by molar-refractivity contribution is 0.0118. The highest BCUT2D eigenvalue weighted by Gasteiger charge is 2.33. The zero-order valence-electron chi connectivity index (χ0n) is 13.7. The van der Waals surface area contributed by atoms with Gasteiger partial charge >= 0.3 is 6.09 Å². The summed E-state index contributed by atoms with van der Waals surface area (Å²) in [4.78, 5) is 13.8. The van der Waals surface area contributed by atoms with Gasteiger partial charge in [0.25, 0.3) is 0 Å². The number of carbonyl (C=O) groups excluding carboxylic acids is 1. The zero-order chi connectivity index (χ0) is 15.4. The number of piperidine rings is 1. The fourth-order valence-corrected chi connectivity index (χ4v) is 2.24. The van der Waals surface area contributed by atoms with E-state index in [9.17, 15) is 4.79 Å². The second kappa shape index (κ2) is 6.76. The first-order valence-electron chi connectivity index (χ1n) is 7.57. The summed E-state index contributed by atoms with van der Waals surface area (Å²) in [5.41, 5.74) is 5.44. The van der Waals surface area contributed by atoms with E-state index in [1.54, 1.807) is 0 Å². The van der Waals surface area contributed by atoms with E-state index in [-0.39, 0.29) is 11.5 Å². The van der Waals surface area contributed by atoms with Crippen LogP contribution in [0.4, 0.5) is 4.79 Å². The molecule has 1 atom stereocenters. The van der Waals surface area contributed by atoms with E-state index in [4.69, 9.17) is 10.5 Å². The average molecular weight is 285 g/mol. The monoisotopic (exact) mass is 285 g/mol. The summed E-state index contributed by atoms with van der Waals surface area (Å²) in [5, 5.41) is 3.47. The van der Waals surface area contributed by atoms with Crippen molar-refractivity contribution in [1.82, 2.24) is 10.2 Å². The predicted octanol–water partition coefficient (Wildman–Crippen LogP) is 1.96. The first-order chi connectivity index (χ1) is 9.15. The molecule has 1 aliphatic heterocycles. The lowest BCUT2D eigenvalue weighted by Gasteiger charge is -2.40. The third kappa shape index (κ3) is 5.67. The third-order valence-corrected chi connectivity index (χ3v) is 3.85. The lowest BCUT2D eigenvalue weighted by Crippen LogP contribution is -2.48. The smallest absolute Gasteiger partial charge is 0.410 e. The quantitative estimate of drug-likeness (QED) is 0.828. The lowest BCUT2D eigenvalue weighted by atomic mass is 9.80. The second-order valence-electron chi connectivity index (χ2n) is 7.30. The Kier molecular flexibility index (Phi) is 5.83. The van der Waals surface area contributed by atoms with Crippen LogP contribution in [0.3, 0.4) is 0 Å². The Morgan fingerprint density at radius 1 is 1.40 bits per heavy atom. The maximum atomic E-state index is 12.0. The Morgan fingerprint density at radius 3 is 2.40 bits per heavy atom. The molecule has 1 unspecified atom stereocenters. The van der Waals surface area contributed by atoms with Crippen molar-refractivity contribution in [2.75, 3.05) is 26.2 Å². The zero-order valence-corrected chi connectivity index (χ0v) is 13.7. The van der Waals surface area contributed by atoms with Gasteiger partial charge < -0.3 is 20.7 Å². The summed E-state index contributed by atoms with van der Waals surface area (Å²) in [7, 11) is 0. The van der Waals surface area contributed by atoms with Gasteiger partial charge in [-0.2, -0.15) is 0 Å². The minimum absolute atomic E-state index is 0.192. The molecule has 0 aromatic heterocycles. The number of likely N-dealkylation sites (tertiary alicyclic amines) is 1. The Balaban J connectivity index is 2.40. The summed E-state index contributed by atoms with van der Waals surface area (Å²) in [5.74, 6) is 0. The van der Waals surface area contributed by atoms with Crippen molar-refractivity contribution in [1.29, 1.82) is 0 Å². The molecule has 1 rings (SSSR count). The highest BCUT2D eigenvalue weighted by Crippen LogP contribution is 2.30. The van der Waals surface area contributed by atoms with Gasteiger partial charge in [0.1, 0.15) is 5.60 Å². The van der Waals surface area contributed by atoms with E-state index in [1.165, 1.54) is 0 Å². The molecule has 0 bridgehead atoms. The SMILES string of the molecule is CC(CN)NCC1(C)CCN(C(=O)OC(C)(C)C)CC1. The maximum Gasteiger partial charge on any atom is 0.410 e. The number of nitrogens with two attached hydrogens (primary N) is 1. The molecule has 0 saturated carbocycles. The predicted molar refractivity (Wildman–Crippen MR) is 81.7 cm³/mol. The first-order valence-corrected chi connectivity index (χ1v) is 7.57. The van der Waals surface area contributed by atoms with Crippen molar-refractivity contribution in [2.24, 2.45) is 11.1 Å². The van der Waals surface area contributed by atoms with Gasteiger partial charge in [0, 0.05) is 32.2 Å². The topological polar surface area (TPSA) is 67.6 Å². The molecule has 0 aromatic rings. The van der Waals surface area contributed by atoms with Crippen molar-refractivity contribution >= 4 is 6.09 Å². The number of nitrogens with zero attached hydrogens (tertiary/aromatic N) is 1. The normalized spacial score (nSPS) is 20.6. The van der Waals surface area contributed by atoms with Crippen LogP contribution in [0.5, 0.6) is 0 Å². The highest BCUT2D eigenvalue weighted by molar-refractivity contribution is 5.68. The largest absolute Gasteiger partial charge is 0.444 e. The van der Waals surface area contributed by atoms with Gasteiger partial charge in [-0.25, -0.2) is 4.79 Å². The maximum absolute atomic E-state index is 12.0. The van der Waals surface area contributed by atoms with Gasteiger partial charge in [0.2, 0.25) is 0 Å². The molecule has 0 spiro atoms. The van der Waals surface area contributed by atoms with Crippen molar-refractivity contribution in [3.8, 4) is 0 Å². The van der Waals surface area contributed by atoms with E-state index in [0.717, 1.165) is 32.5 Å². The van der Waals surface area contributed by atoms with E-state index in [0.29, 0.717) is 12.6 Å². The molecule has 3 N–H and O–H groups in total. The number of carbonyl (C=O) groups is 1. The highest BCUT2D eigenvalue weighted by atomic mass is 16.6. The first kappa shape index (κ1) is 17.2. The van der Waals surface area contributed by atoms with Crippen LogP contribution in [0.25, 0.3) is 0 Å². The van der Waals surface area contributed by atoms with E-state index in [2.05, 4.69) is 19.2 Å². The van der Waals surface area contributed by atoms with Crippen molar-refractivity contribution in [3.05, 3.63) is 0 Å². The van der Waals surface area contributed by atoms with E-state index >= 15 is 0 Å². The van der Waals surface area contributed by atoms with Crippen LogP contribution in [0, 0.1) is 5.41 Å². The van der Waals surface area contributed by atoms with Crippen LogP contribution in [0.15, 0.2) is 0 Å². The molecule has 1 heterocycles. The van der Waals surface area contributed by atoms with Crippen LogP contribution < -0.4 is 11.1 Å². The summed E-state index contributed by atoms with van der Waals surface area (Å²) >= 11 is 0. The molecule has 0 radical (unpaired) electrons. The van der Waals surface area contributed by atoms with Crippen LogP contribution in [-0.2, 0) is 4.74 Å². The van der Waals surface area contributed by atoms with E-state index < -0.39 is 5.60 Å². The Labute approximate surface area is 123 Å². The minimum atomic E-state index is -0.421. The fourth-order valence-electron chi connectivity index (χ4n) is 2.24. The van der Waals surface area contributed by atoms with Gasteiger partial charge in [-0.15, -0.1) is 0 Å². The average Bonchev–Trinajstić information content (AvgIpc) is 2.34.